The quantitative estimate of drug-likeness (QED) is 0.428. The van der Waals surface area contributed by atoms with Crippen molar-refractivity contribution in [2.75, 3.05) is 0 Å². The molecule has 1 amide bonds. The zero-order valence-corrected chi connectivity index (χ0v) is 19.6. The van der Waals surface area contributed by atoms with Gasteiger partial charge in [-0.1, -0.05) is 48.5 Å². The van der Waals surface area contributed by atoms with Gasteiger partial charge in [0.25, 0.3) is 0 Å². The zero-order valence-electron chi connectivity index (χ0n) is 19.6. The molecule has 0 saturated carbocycles. The van der Waals surface area contributed by atoms with E-state index >= 15 is 0 Å². The molecule has 1 aromatic heterocycles. The Morgan fingerprint density at radius 2 is 1.56 bits per heavy atom. The minimum absolute atomic E-state index is 0.000988. The van der Waals surface area contributed by atoms with E-state index in [2.05, 4.69) is 49.7 Å². The minimum Gasteiger partial charge on any atom is -0.346 e. The summed E-state index contributed by atoms with van der Waals surface area (Å²) in [5, 5.41) is 3.16. The fourth-order valence-corrected chi connectivity index (χ4v) is 4.42. The molecule has 4 heteroatoms. The summed E-state index contributed by atoms with van der Waals surface area (Å²) in [4.78, 5) is 17.7. The molecule has 0 aliphatic heterocycles. The molecule has 0 aliphatic rings. The summed E-state index contributed by atoms with van der Waals surface area (Å²) in [6, 6.07) is 20.1. The average Bonchev–Trinajstić information content (AvgIpc) is 3.14. The Morgan fingerprint density at radius 1 is 0.938 bits per heavy atom. The Hall–Kier alpha value is -3.40. The van der Waals surface area contributed by atoms with E-state index in [4.69, 9.17) is 4.98 Å². The van der Waals surface area contributed by atoms with Gasteiger partial charge in [-0.05, 0) is 80.1 Å². The molecule has 4 nitrogen and oxygen atoms in total. The smallest absolute Gasteiger partial charge is 0.224 e. The van der Waals surface area contributed by atoms with Crippen molar-refractivity contribution < 1.29 is 4.79 Å². The Morgan fingerprint density at radius 3 is 2.25 bits per heavy atom. The molecule has 32 heavy (non-hydrogen) atoms. The molecule has 0 radical (unpaired) electrons. The molecule has 0 spiro atoms. The van der Waals surface area contributed by atoms with Crippen molar-refractivity contribution >= 4 is 16.9 Å². The van der Waals surface area contributed by atoms with Gasteiger partial charge in [0, 0.05) is 6.54 Å². The molecule has 4 aromatic rings. The fourth-order valence-electron chi connectivity index (χ4n) is 4.42. The van der Waals surface area contributed by atoms with Crippen molar-refractivity contribution in [1.29, 1.82) is 0 Å². The van der Waals surface area contributed by atoms with Crippen LogP contribution < -0.4 is 5.32 Å². The molecule has 1 N–H and O–H groups in total. The summed E-state index contributed by atoms with van der Waals surface area (Å²) >= 11 is 0. The predicted molar refractivity (Wildman–Crippen MR) is 131 cm³/mol. The van der Waals surface area contributed by atoms with Gasteiger partial charge in [-0.2, -0.15) is 0 Å². The Kier molecular flexibility index (Phi) is 6.13. The van der Waals surface area contributed by atoms with Gasteiger partial charge in [0.1, 0.15) is 5.82 Å². The van der Waals surface area contributed by atoms with Gasteiger partial charge in [0.05, 0.1) is 23.5 Å². The molecular weight excluding hydrogens is 394 g/mol. The van der Waals surface area contributed by atoms with Crippen LogP contribution in [0.25, 0.3) is 11.0 Å². The Balaban J connectivity index is 1.69. The van der Waals surface area contributed by atoms with Gasteiger partial charge in [-0.3, -0.25) is 4.79 Å². The van der Waals surface area contributed by atoms with Gasteiger partial charge < -0.3 is 9.88 Å². The number of nitrogens with zero attached hydrogens (tertiary/aromatic N) is 2. The molecule has 4 rings (SSSR count). The van der Waals surface area contributed by atoms with E-state index < -0.39 is 0 Å². The number of hydrogen-bond donors (Lipinski definition) is 1. The summed E-state index contributed by atoms with van der Waals surface area (Å²) in [6.07, 6.45) is 0.362. The van der Waals surface area contributed by atoms with E-state index in [1.54, 1.807) is 0 Å². The lowest BCUT2D eigenvalue weighted by atomic mass is 9.94. The maximum absolute atomic E-state index is 12.7. The maximum atomic E-state index is 12.7. The van der Waals surface area contributed by atoms with E-state index in [9.17, 15) is 4.79 Å². The summed E-state index contributed by atoms with van der Waals surface area (Å²) < 4.78 is 2.26. The number of nitrogens with one attached hydrogen (secondary N) is 1. The number of hydrogen-bond acceptors (Lipinski definition) is 2. The van der Waals surface area contributed by atoms with Crippen LogP contribution in [0.15, 0.2) is 60.7 Å². The monoisotopic (exact) mass is 425 g/mol. The number of rotatable bonds is 6. The Bertz CT molecular complexity index is 1240. The topological polar surface area (TPSA) is 46.9 Å². The molecule has 164 valence electrons. The van der Waals surface area contributed by atoms with Crippen molar-refractivity contribution in [3.05, 3.63) is 99.9 Å². The molecule has 1 heterocycles. The summed E-state index contributed by atoms with van der Waals surface area (Å²) in [7, 11) is 0. The van der Waals surface area contributed by atoms with Crippen LogP contribution in [0.1, 0.15) is 52.2 Å². The van der Waals surface area contributed by atoms with E-state index in [1.165, 1.54) is 27.8 Å². The first-order valence-corrected chi connectivity index (χ1v) is 11.2. The highest BCUT2D eigenvalue weighted by molar-refractivity contribution is 5.80. The zero-order chi connectivity index (χ0) is 22.8. The molecule has 3 aromatic carbocycles. The number of fused-ring (bicyclic) bond motifs is 1. The second kappa shape index (κ2) is 8.99. The highest BCUT2D eigenvalue weighted by Gasteiger charge is 2.20. The molecule has 0 aliphatic carbocycles. The number of aromatic nitrogens is 2. The van der Waals surface area contributed by atoms with E-state index in [0.717, 1.165) is 29.0 Å². The van der Waals surface area contributed by atoms with Crippen molar-refractivity contribution in [3.8, 4) is 0 Å². The summed E-state index contributed by atoms with van der Waals surface area (Å²) in [5.41, 5.74) is 9.62. The van der Waals surface area contributed by atoms with Gasteiger partial charge in [-0.15, -0.1) is 0 Å². The number of carbonyl (C=O) groups excluding carboxylic acids is 1. The van der Waals surface area contributed by atoms with Gasteiger partial charge >= 0.3 is 0 Å². The van der Waals surface area contributed by atoms with E-state index in [0.29, 0.717) is 6.42 Å². The van der Waals surface area contributed by atoms with Crippen LogP contribution in [0.2, 0.25) is 0 Å². The third-order valence-electron chi connectivity index (χ3n) is 6.49. The predicted octanol–water partition coefficient (Wildman–Crippen LogP) is 5.74. The first kappa shape index (κ1) is 21.8. The number of para-hydroxylation sites is 2. The van der Waals surface area contributed by atoms with Crippen molar-refractivity contribution in [2.45, 2.75) is 53.6 Å². The van der Waals surface area contributed by atoms with Crippen LogP contribution in [0.5, 0.6) is 0 Å². The maximum Gasteiger partial charge on any atom is 0.224 e. The Labute approximate surface area is 190 Å². The molecule has 1 atom stereocenters. The van der Waals surface area contributed by atoms with Crippen molar-refractivity contribution in [3.63, 3.8) is 0 Å². The highest BCUT2D eigenvalue weighted by Crippen LogP contribution is 2.27. The second-order valence-corrected chi connectivity index (χ2v) is 8.74. The molecule has 0 saturated heterocycles. The number of amides is 1. The average molecular weight is 426 g/mol. The fraction of sp³-hybridized carbons (Fsp3) is 0.286. The molecule has 1 unspecified atom stereocenters. The first-order valence-electron chi connectivity index (χ1n) is 11.2. The third-order valence-corrected chi connectivity index (χ3v) is 6.49. The van der Waals surface area contributed by atoms with Crippen LogP contribution in [0.4, 0.5) is 0 Å². The standard InChI is InChI=1S/C28H31N3O/c1-18-15-19(2)21(4)24(20(18)3)17-31-26-14-10-9-13-25(26)30-28(31)22(5)29-27(32)16-23-11-7-6-8-12-23/h6-15,22H,16-17H2,1-5H3,(H,29,32). The lowest BCUT2D eigenvalue weighted by Gasteiger charge is -2.20. The van der Waals surface area contributed by atoms with Crippen LogP contribution in [0, 0.1) is 27.7 Å². The third kappa shape index (κ3) is 4.31. The highest BCUT2D eigenvalue weighted by atomic mass is 16.1. The van der Waals surface area contributed by atoms with Crippen molar-refractivity contribution in [2.24, 2.45) is 0 Å². The number of aryl methyl sites for hydroxylation is 2. The van der Waals surface area contributed by atoms with Crippen molar-refractivity contribution in [1.82, 2.24) is 14.9 Å². The normalized spacial score (nSPS) is 12.2. The minimum atomic E-state index is -0.204. The number of imidazole rings is 1. The van der Waals surface area contributed by atoms with Gasteiger partial charge in [0.15, 0.2) is 0 Å². The van der Waals surface area contributed by atoms with Gasteiger partial charge in [0.2, 0.25) is 5.91 Å². The molecule has 0 bridgehead atoms. The summed E-state index contributed by atoms with van der Waals surface area (Å²) in [5.74, 6) is 0.881. The second-order valence-electron chi connectivity index (χ2n) is 8.74. The van der Waals surface area contributed by atoms with Gasteiger partial charge in [-0.25, -0.2) is 4.98 Å². The lowest BCUT2D eigenvalue weighted by Crippen LogP contribution is -2.30. The SMILES string of the molecule is Cc1cc(C)c(C)c(Cn2c(C(C)NC(=O)Cc3ccccc3)nc3ccccc32)c1C. The van der Waals surface area contributed by atoms with E-state index in [-0.39, 0.29) is 11.9 Å². The molecule has 0 fully saturated rings. The number of carbonyl (C=O) groups is 1. The number of benzene rings is 3. The van der Waals surface area contributed by atoms with Crippen LogP contribution in [-0.4, -0.2) is 15.5 Å². The van der Waals surface area contributed by atoms with Crippen LogP contribution >= 0.6 is 0 Å². The summed E-state index contributed by atoms with van der Waals surface area (Å²) in [6.45, 7) is 11.5. The van der Waals surface area contributed by atoms with E-state index in [1.807, 2.05) is 55.5 Å². The van der Waals surface area contributed by atoms with Crippen LogP contribution in [0.3, 0.4) is 0 Å². The van der Waals surface area contributed by atoms with Crippen LogP contribution in [-0.2, 0) is 17.8 Å². The first-order chi connectivity index (χ1) is 15.3. The largest absolute Gasteiger partial charge is 0.346 e. The molecular formula is C28H31N3O. The lowest BCUT2D eigenvalue weighted by molar-refractivity contribution is -0.121.